The maximum Gasteiger partial charge on any atom is -0.0210 e. The van der Waals surface area contributed by atoms with Crippen molar-refractivity contribution in [3.63, 3.8) is 0 Å². The molecule has 7 atom stereocenters. The summed E-state index contributed by atoms with van der Waals surface area (Å²) in [6, 6.07) is 0. The molecule has 108 valence electrons. The van der Waals surface area contributed by atoms with Gasteiger partial charge in [0.25, 0.3) is 0 Å². The van der Waals surface area contributed by atoms with E-state index in [0.717, 1.165) is 46.8 Å². The third-order valence-electron chi connectivity index (χ3n) is 8.15. The largest absolute Gasteiger partial charge is 0.0651 e. The molecule has 0 amide bonds. The standard InChI is InChI=1S/C19H32/c1-4-15-7-14-8-16-6-5-13-9-17(15)19(11-14,12(2)3)18(16)10-13/h12-18H,4-11H2,1-3H3. The van der Waals surface area contributed by atoms with Gasteiger partial charge >= 0.3 is 0 Å². The Morgan fingerprint density at radius 2 is 1.74 bits per heavy atom. The molecule has 4 aliphatic rings. The maximum absolute atomic E-state index is 2.57. The normalized spacial score (nSPS) is 55.6. The number of hydrogen-bond acceptors (Lipinski definition) is 0. The minimum atomic E-state index is 0.767. The van der Waals surface area contributed by atoms with Gasteiger partial charge in [-0.15, -0.1) is 0 Å². The van der Waals surface area contributed by atoms with Gasteiger partial charge in [-0.2, -0.15) is 0 Å². The van der Waals surface area contributed by atoms with Crippen LogP contribution in [0.5, 0.6) is 0 Å². The van der Waals surface area contributed by atoms with Crippen molar-refractivity contribution in [2.75, 3.05) is 0 Å². The Kier molecular flexibility index (Phi) is 2.84. The van der Waals surface area contributed by atoms with Crippen molar-refractivity contribution in [2.45, 2.75) is 72.1 Å². The van der Waals surface area contributed by atoms with Crippen molar-refractivity contribution in [3.05, 3.63) is 0 Å². The van der Waals surface area contributed by atoms with E-state index in [1.54, 1.807) is 44.9 Å². The average Bonchev–Trinajstić information content (AvgIpc) is 2.43. The number of rotatable bonds is 2. The predicted molar refractivity (Wildman–Crippen MR) is 80.8 cm³/mol. The number of hydrogen-bond donors (Lipinski definition) is 0. The van der Waals surface area contributed by atoms with Gasteiger partial charge in [0.1, 0.15) is 0 Å². The molecule has 0 heterocycles. The van der Waals surface area contributed by atoms with Gasteiger partial charge in [-0.05, 0) is 85.4 Å². The van der Waals surface area contributed by atoms with Gasteiger partial charge in [0.15, 0.2) is 0 Å². The molecule has 19 heavy (non-hydrogen) atoms. The Bertz CT molecular complexity index is 355. The lowest BCUT2D eigenvalue weighted by atomic mass is 9.37. The lowest BCUT2D eigenvalue weighted by Crippen LogP contribution is -2.60. The predicted octanol–water partition coefficient (Wildman–Crippen LogP) is 5.52. The summed E-state index contributed by atoms with van der Waals surface area (Å²) in [5.74, 6) is 7.56. The van der Waals surface area contributed by atoms with Gasteiger partial charge in [0, 0.05) is 0 Å². The van der Waals surface area contributed by atoms with E-state index >= 15 is 0 Å². The SMILES string of the molecule is CCC1CC2CC3CCC4CC1C(C(C)C)(C2)C3C4. The minimum Gasteiger partial charge on any atom is -0.0651 e. The van der Waals surface area contributed by atoms with Crippen LogP contribution in [-0.4, -0.2) is 0 Å². The van der Waals surface area contributed by atoms with E-state index in [-0.39, 0.29) is 0 Å². The monoisotopic (exact) mass is 260 g/mol. The molecule has 0 N–H and O–H groups in total. The third kappa shape index (κ3) is 1.58. The van der Waals surface area contributed by atoms with Crippen LogP contribution < -0.4 is 0 Å². The number of fused-ring (bicyclic) bond motifs is 2. The first-order valence-electron chi connectivity index (χ1n) is 9.15. The fourth-order valence-electron chi connectivity index (χ4n) is 7.59. The first kappa shape index (κ1) is 12.7. The van der Waals surface area contributed by atoms with Crippen LogP contribution in [0.15, 0.2) is 0 Å². The molecule has 0 spiro atoms. The lowest BCUT2D eigenvalue weighted by molar-refractivity contribution is -0.186. The van der Waals surface area contributed by atoms with Crippen LogP contribution in [0.25, 0.3) is 0 Å². The van der Waals surface area contributed by atoms with Gasteiger partial charge in [0.2, 0.25) is 0 Å². The molecule has 0 heteroatoms. The molecule has 0 saturated heterocycles. The molecule has 7 unspecified atom stereocenters. The lowest BCUT2D eigenvalue weighted by Gasteiger charge is -2.68. The molecule has 0 aromatic carbocycles. The quantitative estimate of drug-likeness (QED) is 0.613. The van der Waals surface area contributed by atoms with Gasteiger partial charge in [-0.1, -0.05) is 33.6 Å². The summed E-state index contributed by atoms with van der Waals surface area (Å²) in [6.45, 7) is 7.61. The molecule has 0 nitrogen and oxygen atoms in total. The average molecular weight is 260 g/mol. The maximum atomic E-state index is 2.57. The van der Waals surface area contributed by atoms with Crippen LogP contribution in [-0.2, 0) is 0 Å². The van der Waals surface area contributed by atoms with E-state index in [1.165, 1.54) is 6.42 Å². The fourth-order valence-corrected chi connectivity index (χ4v) is 7.59. The first-order valence-corrected chi connectivity index (χ1v) is 9.15. The van der Waals surface area contributed by atoms with E-state index < -0.39 is 0 Å². The summed E-state index contributed by atoms with van der Waals surface area (Å²) in [4.78, 5) is 0. The van der Waals surface area contributed by atoms with Gasteiger partial charge < -0.3 is 0 Å². The minimum absolute atomic E-state index is 0.767. The zero-order valence-electron chi connectivity index (χ0n) is 13.2. The van der Waals surface area contributed by atoms with E-state index in [9.17, 15) is 0 Å². The second-order valence-corrected chi connectivity index (χ2v) is 8.86. The Labute approximate surface area is 119 Å². The zero-order chi connectivity index (χ0) is 13.2. The van der Waals surface area contributed by atoms with Crippen molar-refractivity contribution in [3.8, 4) is 0 Å². The van der Waals surface area contributed by atoms with Crippen LogP contribution in [0.4, 0.5) is 0 Å². The Hall–Kier alpha value is 0. The molecule has 4 aliphatic carbocycles. The van der Waals surface area contributed by atoms with Crippen molar-refractivity contribution in [2.24, 2.45) is 46.8 Å². The summed E-state index contributed by atoms with van der Waals surface area (Å²) in [5, 5.41) is 0. The van der Waals surface area contributed by atoms with Gasteiger partial charge in [-0.25, -0.2) is 0 Å². The van der Waals surface area contributed by atoms with Crippen LogP contribution in [0.2, 0.25) is 0 Å². The Balaban J connectivity index is 1.80. The van der Waals surface area contributed by atoms with Crippen LogP contribution in [0, 0.1) is 46.8 Å². The molecular weight excluding hydrogens is 228 g/mol. The highest BCUT2D eigenvalue weighted by atomic mass is 14.7. The first-order chi connectivity index (χ1) is 9.15. The van der Waals surface area contributed by atoms with Crippen molar-refractivity contribution in [1.29, 1.82) is 0 Å². The van der Waals surface area contributed by atoms with Crippen LogP contribution in [0.1, 0.15) is 72.1 Å². The van der Waals surface area contributed by atoms with Gasteiger partial charge in [0.05, 0.1) is 0 Å². The highest BCUT2D eigenvalue weighted by Crippen LogP contribution is 2.70. The summed E-state index contributed by atoms with van der Waals surface area (Å²) in [6.07, 6.45) is 12.6. The summed E-state index contributed by atoms with van der Waals surface area (Å²) >= 11 is 0. The summed E-state index contributed by atoms with van der Waals surface area (Å²) in [7, 11) is 0. The molecule has 4 saturated carbocycles. The summed E-state index contributed by atoms with van der Waals surface area (Å²) < 4.78 is 0. The topological polar surface area (TPSA) is 0 Å². The van der Waals surface area contributed by atoms with Crippen molar-refractivity contribution >= 4 is 0 Å². The molecule has 4 fully saturated rings. The van der Waals surface area contributed by atoms with E-state index in [0.29, 0.717) is 0 Å². The van der Waals surface area contributed by atoms with Crippen molar-refractivity contribution in [1.82, 2.24) is 0 Å². The summed E-state index contributed by atoms with van der Waals surface area (Å²) in [5.41, 5.74) is 0.767. The van der Waals surface area contributed by atoms with Crippen LogP contribution >= 0.6 is 0 Å². The van der Waals surface area contributed by atoms with E-state index in [4.69, 9.17) is 0 Å². The second kappa shape index (κ2) is 4.25. The van der Waals surface area contributed by atoms with Gasteiger partial charge in [-0.3, -0.25) is 0 Å². The smallest absolute Gasteiger partial charge is 0.0210 e. The van der Waals surface area contributed by atoms with E-state index in [2.05, 4.69) is 20.8 Å². The highest BCUT2D eigenvalue weighted by Gasteiger charge is 2.62. The van der Waals surface area contributed by atoms with Crippen molar-refractivity contribution < 1.29 is 0 Å². The molecule has 0 radical (unpaired) electrons. The van der Waals surface area contributed by atoms with E-state index in [1.807, 2.05) is 0 Å². The second-order valence-electron chi connectivity index (χ2n) is 8.86. The molecule has 0 aliphatic heterocycles. The molecule has 0 aromatic heterocycles. The third-order valence-corrected chi connectivity index (χ3v) is 8.15. The molecule has 0 aromatic rings. The molecule has 4 bridgehead atoms. The Morgan fingerprint density at radius 3 is 2.47 bits per heavy atom. The fraction of sp³-hybridized carbons (Fsp3) is 1.00. The molecular formula is C19H32. The Morgan fingerprint density at radius 1 is 0.947 bits per heavy atom. The highest BCUT2D eigenvalue weighted by molar-refractivity contribution is 5.11. The zero-order valence-corrected chi connectivity index (χ0v) is 13.2. The molecule has 4 rings (SSSR count). The van der Waals surface area contributed by atoms with Crippen LogP contribution in [0.3, 0.4) is 0 Å².